The zero-order valence-corrected chi connectivity index (χ0v) is 68.1. The molecule has 1 fully saturated rings. The van der Waals surface area contributed by atoms with Crippen LogP contribution in [0.15, 0.2) is 54.6 Å². The van der Waals surface area contributed by atoms with Gasteiger partial charge in [-0.25, -0.2) is 4.79 Å². The van der Waals surface area contributed by atoms with E-state index in [0.29, 0.717) is 149 Å². The van der Waals surface area contributed by atoms with Gasteiger partial charge in [-0.2, -0.15) is 0 Å². The van der Waals surface area contributed by atoms with Crippen molar-refractivity contribution in [2.45, 2.75) is 232 Å². The molecule has 5 N–H and O–H groups in total. The number of rotatable bonds is 55. The van der Waals surface area contributed by atoms with Crippen molar-refractivity contribution in [2.75, 3.05) is 128 Å². The summed E-state index contributed by atoms with van der Waals surface area (Å²) in [6, 6.07) is 4.57. The van der Waals surface area contributed by atoms with E-state index in [4.69, 9.17) is 42.6 Å². The summed E-state index contributed by atoms with van der Waals surface area (Å²) in [7, 11) is 7.76. The first-order chi connectivity index (χ1) is 52.5. The Labute approximate surface area is 652 Å². The van der Waals surface area contributed by atoms with Gasteiger partial charge in [0.05, 0.1) is 114 Å². The molecule has 1 unspecified atom stereocenters. The first kappa shape index (κ1) is 95.3. The Kier molecular flexibility index (Phi) is 44.6. The van der Waals surface area contributed by atoms with Gasteiger partial charge >= 0.3 is 6.09 Å². The molecule has 622 valence electrons. The number of hydrogen-bond acceptors (Lipinski definition) is 21. The molecule has 1 aliphatic carbocycles. The lowest BCUT2D eigenvalue weighted by atomic mass is 9.78. The quantitative estimate of drug-likeness (QED) is 0.0254. The topological polar surface area (TPSA) is 352 Å². The molecule has 4 rings (SSSR count). The fourth-order valence-electron chi connectivity index (χ4n) is 14.1. The summed E-state index contributed by atoms with van der Waals surface area (Å²) in [5.74, 6) is -4.69. The number of unbranched alkanes of at least 4 members (excludes halogenated alkanes) is 1. The van der Waals surface area contributed by atoms with Crippen molar-refractivity contribution < 1.29 is 100 Å². The van der Waals surface area contributed by atoms with Gasteiger partial charge in [0.25, 0.3) is 11.8 Å². The third-order valence-electron chi connectivity index (χ3n) is 21.0. The maximum atomic E-state index is 14.9. The first-order valence-electron chi connectivity index (χ1n) is 39.6. The maximum absolute atomic E-state index is 14.9. The van der Waals surface area contributed by atoms with Gasteiger partial charge in [-0.3, -0.25) is 57.7 Å². The highest BCUT2D eigenvalue weighted by Gasteiger charge is 2.45. The number of ether oxygens (including phenoxy) is 9. The van der Waals surface area contributed by atoms with E-state index in [1.54, 1.807) is 69.9 Å². The molecule has 1 aromatic carbocycles. The van der Waals surface area contributed by atoms with Crippen LogP contribution >= 0.6 is 0 Å². The van der Waals surface area contributed by atoms with Crippen LogP contribution in [0.4, 0.5) is 4.79 Å². The van der Waals surface area contributed by atoms with E-state index in [2.05, 4.69) is 21.3 Å². The van der Waals surface area contributed by atoms with Crippen LogP contribution in [0.3, 0.4) is 0 Å². The molecule has 1 aromatic rings. The van der Waals surface area contributed by atoms with Crippen LogP contribution in [0.2, 0.25) is 0 Å². The number of aliphatic hydroxyl groups excluding tert-OH is 1. The summed E-state index contributed by atoms with van der Waals surface area (Å²) < 4.78 is 51.1. The Balaban J connectivity index is 1.23. The number of allylic oxidation sites excluding steroid dienone is 1. The lowest BCUT2D eigenvalue weighted by Crippen LogP contribution is -2.60. The number of Topliss-reactive ketones (excluding diaryl/α,β-unsaturated/α-hetero) is 2. The van der Waals surface area contributed by atoms with Gasteiger partial charge in [0, 0.05) is 112 Å². The third-order valence-corrected chi connectivity index (χ3v) is 21.0. The second kappa shape index (κ2) is 51.5. The molecule has 0 aromatic heterocycles. The Bertz CT molecular complexity index is 3050. The number of benzene rings is 1. The monoisotopic (exact) mass is 1550 g/mol. The SMILES string of the molecule is CC[C@H](C)[C@@H]([C@@H](CC(=O)N1CCC[C@H]1[C@H](OC)[C@@H](C)C(=O)N[C@H](C)[C@@H](O)c1ccccc1)OC)N(C)C(=O)[C@@H](NC(=O)[C@H](C(C)C)N(C)C(=O)O[C@H]1/C=C/CC[C@@](C)(C(=O)NCCCCC(NC(=O)CCOCCOCCOCCOCCCC(=O)CCN2C(=O)C=CC2=O)C(=O)CCCOCCOC)CC1)C(C)C. The fourth-order valence-corrected chi connectivity index (χ4v) is 14.1. The number of methoxy groups -OCH3 is 3. The molecule has 2 heterocycles. The van der Waals surface area contributed by atoms with Gasteiger partial charge in [-0.1, -0.05) is 98.2 Å². The number of nitrogens with one attached hydrogen (secondary N) is 4. The number of aliphatic hydroxyl groups is 1. The zero-order valence-electron chi connectivity index (χ0n) is 68.1. The standard InChI is InChI=1S/C81H132N8O21/c1-15-57(6)73(66(103-13)54-70(95)88-41-23-31-64(88)75(104-14)58(7)76(97)83-59(8)74(96)60-26-17-16-18-27-60)86(10)78(99)71(55(2)3)85-77(98)72(56(4)5)87(11)80(101)110-62-29-19-21-38-81(9,39-35-62)79(100)82-40-22-20-30-63(65(91)32-25-44-105-47-46-102-12)84-67(92)37-45-107-49-51-109-53-52-108-50-48-106-43-24-28-61(90)36-42-89-68(93)33-34-69(89)94/h16-19,26-27,29,33-34,55-59,62-64,66,71-75,96H,15,20-25,28,30-32,35-54H2,1-14H3,(H,82,100)(H,83,97)(H,84,92)(H,85,98)/b29-19+/t57-,58+,59+,62-,63?,64-,66+,71-,72-,73-,74+,75+,81+/m0/s1. The number of likely N-dealkylation sites (N-methyl/N-ethyl adjacent to an activating group) is 2. The van der Waals surface area contributed by atoms with Crippen molar-refractivity contribution in [1.82, 2.24) is 40.9 Å². The smallest absolute Gasteiger partial charge is 0.410 e. The largest absolute Gasteiger partial charge is 0.442 e. The third kappa shape index (κ3) is 32.2. The first-order valence-corrected chi connectivity index (χ1v) is 39.6. The Morgan fingerprint density at radius 1 is 0.673 bits per heavy atom. The second-order valence-corrected chi connectivity index (χ2v) is 30.1. The number of ketones is 2. The van der Waals surface area contributed by atoms with Crippen molar-refractivity contribution in [3.05, 3.63) is 60.2 Å². The van der Waals surface area contributed by atoms with Crippen LogP contribution in [0.25, 0.3) is 0 Å². The number of amides is 9. The number of hydrogen-bond donors (Lipinski definition) is 5. The molecule has 0 spiro atoms. The molecular weight excluding hydrogens is 1420 g/mol. The molecule has 29 nitrogen and oxygen atoms in total. The van der Waals surface area contributed by atoms with E-state index in [1.165, 1.54) is 38.3 Å². The number of nitrogens with zero attached hydrogens (tertiary/aromatic N) is 4. The van der Waals surface area contributed by atoms with E-state index in [0.717, 1.165) is 4.90 Å². The summed E-state index contributed by atoms with van der Waals surface area (Å²) >= 11 is 0. The van der Waals surface area contributed by atoms with E-state index in [1.807, 2.05) is 58.9 Å². The number of carbonyl (C=O) groups is 11. The summed E-state index contributed by atoms with van der Waals surface area (Å²) in [6.45, 7) is 20.9. The van der Waals surface area contributed by atoms with Crippen LogP contribution in [-0.4, -0.2) is 272 Å². The normalized spacial score (nSPS) is 19.6. The predicted octanol–water partition coefficient (Wildman–Crippen LogP) is 6.79. The molecule has 0 bridgehead atoms. The fraction of sp³-hybridized carbons (Fsp3) is 0.741. The summed E-state index contributed by atoms with van der Waals surface area (Å²) in [5, 5.41) is 22.9. The van der Waals surface area contributed by atoms with Gasteiger partial charge in [-0.15, -0.1) is 0 Å². The Morgan fingerprint density at radius 3 is 1.89 bits per heavy atom. The number of likely N-dealkylation sites (tertiary alicyclic amines) is 1. The van der Waals surface area contributed by atoms with E-state index < -0.39 is 114 Å². The Hall–Kier alpha value is -7.09. The number of imide groups is 1. The Morgan fingerprint density at radius 2 is 1.29 bits per heavy atom. The molecule has 9 amide bonds. The highest BCUT2D eigenvalue weighted by atomic mass is 16.6. The van der Waals surface area contributed by atoms with Gasteiger partial charge < -0.3 is 78.8 Å². The van der Waals surface area contributed by atoms with Crippen LogP contribution in [0.5, 0.6) is 0 Å². The second-order valence-electron chi connectivity index (χ2n) is 30.1. The van der Waals surface area contributed by atoms with Gasteiger partial charge in [-0.05, 0) is 107 Å². The predicted molar refractivity (Wildman–Crippen MR) is 413 cm³/mol. The van der Waals surface area contributed by atoms with Gasteiger partial charge in [0.1, 0.15) is 24.0 Å². The van der Waals surface area contributed by atoms with Crippen LogP contribution in [0.1, 0.15) is 183 Å². The molecular formula is C81H132N8O21. The van der Waals surface area contributed by atoms with E-state index >= 15 is 0 Å². The molecule has 1 saturated heterocycles. The molecule has 0 saturated carbocycles. The summed E-state index contributed by atoms with van der Waals surface area (Å²) in [6.07, 6.45) is 8.82. The minimum Gasteiger partial charge on any atom is -0.442 e. The maximum Gasteiger partial charge on any atom is 0.410 e. The van der Waals surface area contributed by atoms with Crippen molar-refractivity contribution >= 4 is 64.9 Å². The van der Waals surface area contributed by atoms with E-state index in [-0.39, 0.29) is 99.6 Å². The average Bonchev–Trinajstić information content (AvgIpc) is 1.09. The molecule has 0 radical (unpaired) electrons. The minimum absolute atomic E-state index is 0.0252. The van der Waals surface area contributed by atoms with Gasteiger partial charge in [0.2, 0.25) is 35.4 Å². The van der Waals surface area contributed by atoms with Crippen molar-refractivity contribution in [3.8, 4) is 0 Å². The number of carbonyl (C=O) groups excluding carboxylic acids is 11. The summed E-state index contributed by atoms with van der Waals surface area (Å²) in [5.41, 5.74) is -0.155. The molecule has 29 heteroatoms. The van der Waals surface area contributed by atoms with Crippen molar-refractivity contribution in [3.63, 3.8) is 0 Å². The molecule has 13 atom stereocenters. The van der Waals surface area contributed by atoms with Gasteiger partial charge in [0.15, 0.2) is 5.78 Å². The minimum atomic E-state index is -1.06. The highest BCUT2D eigenvalue weighted by Crippen LogP contribution is 2.34. The molecule has 110 heavy (non-hydrogen) atoms. The summed E-state index contributed by atoms with van der Waals surface area (Å²) in [4.78, 5) is 154. The van der Waals surface area contributed by atoms with Crippen LogP contribution < -0.4 is 21.3 Å². The average molecular weight is 1550 g/mol. The van der Waals surface area contributed by atoms with Crippen molar-refractivity contribution in [2.24, 2.45) is 29.1 Å². The van der Waals surface area contributed by atoms with Crippen molar-refractivity contribution in [1.29, 1.82) is 0 Å². The zero-order chi connectivity index (χ0) is 81.3. The van der Waals surface area contributed by atoms with E-state index in [9.17, 15) is 57.8 Å². The molecule has 2 aliphatic heterocycles. The van der Waals surface area contributed by atoms with Crippen LogP contribution in [0, 0.1) is 29.1 Å². The highest BCUT2D eigenvalue weighted by molar-refractivity contribution is 6.13. The molecule has 3 aliphatic rings. The lowest BCUT2D eigenvalue weighted by Gasteiger charge is -2.41. The van der Waals surface area contributed by atoms with Crippen LogP contribution in [-0.2, 0) is 90.6 Å². The lowest BCUT2D eigenvalue weighted by molar-refractivity contribution is -0.148.